The van der Waals surface area contributed by atoms with Crippen LogP contribution in [0.5, 0.6) is 0 Å². The van der Waals surface area contributed by atoms with Crippen LogP contribution in [-0.4, -0.2) is 4.98 Å². The van der Waals surface area contributed by atoms with Gasteiger partial charge in [-0.25, -0.2) is 4.39 Å². The molecule has 1 heterocycles. The fourth-order valence-electron chi connectivity index (χ4n) is 3.86. The first-order valence-corrected chi connectivity index (χ1v) is 10.1. The molecule has 26 heavy (non-hydrogen) atoms. The van der Waals surface area contributed by atoms with Crippen molar-refractivity contribution in [1.82, 2.24) is 4.98 Å². The third-order valence-electron chi connectivity index (χ3n) is 5.56. The smallest absolute Gasteiger partial charge is 0.123 e. The summed E-state index contributed by atoms with van der Waals surface area (Å²) in [5, 5.41) is 0. The lowest BCUT2D eigenvalue weighted by molar-refractivity contribution is 0.296. The molecule has 0 N–H and O–H groups in total. The number of halogens is 1. The van der Waals surface area contributed by atoms with E-state index in [9.17, 15) is 4.39 Å². The van der Waals surface area contributed by atoms with Crippen LogP contribution < -0.4 is 0 Å². The molecule has 1 nitrogen and oxygen atoms in total. The third-order valence-corrected chi connectivity index (χ3v) is 5.56. The highest BCUT2D eigenvalue weighted by atomic mass is 19.1. The second kappa shape index (κ2) is 9.66. The van der Waals surface area contributed by atoms with Gasteiger partial charge in [0.15, 0.2) is 0 Å². The van der Waals surface area contributed by atoms with Gasteiger partial charge in [-0.3, -0.25) is 4.98 Å². The van der Waals surface area contributed by atoms with Gasteiger partial charge in [-0.2, -0.15) is 0 Å². The van der Waals surface area contributed by atoms with Crippen molar-refractivity contribution < 1.29 is 4.39 Å². The summed E-state index contributed by atoms with van der Waals surface area (Å²) in [5.41, 5.74) is 3.18. The summed E-state index contributed by atoms with van der Waals surface area (Å²) in [5.74, 6) is 1.47. The Labute approximate surface area is 157 Å². The lowest BCUT2D eigenvalue weighted by Gasteiger charge is -2.26. The molecule has 0 saturated heterocycles. The van der Waals surface area contributed by atoms with Gasteiger partial charge >= 0.3 is 0 Å². The first kappa shape index (κ1) is 18.8. The van der Waals surface area contributed by atoms with Crippen molar-refractivity contribution >= 4 is 0 Å². The van der Waals surface area contributed by atoms with Crippen LogP contribution in [0.3, 0.4) is 0 Å². The van der Waals surface area contributed by atoms with Crippen molar-refractivity contribution in [3.8, 4) is 11.3 Å². The van der Waals surface area contributed by atoms with Crippen molar-refractivity contribution in [2.24, 2.45) is 11.8 Å². The number of allylic oxidation sites excluding steroid dienone is 2. The summed E-state index contributed by atoms with van der Waals surface area (Å²) in [6.45, 7) is 2.24. The fourth-order valence-corrected chi connectivity index (χ4v) is 3.86. The number of aromatic nitrogens is 1. The van der Waals surface area contributed by atoms with Crippen LogP contribution in [0.25, 0.3) is 11.3 Å². The maximum Gasteiger partial charge on any atom is 0.123 e. The van der Waals surface area contributed by atoms with Crippen LogP contribution in [0.15, 0.2) is 54.7 Å². The topological polar surface area (TPSA) is 12.9 Å². The molecule has 0 unspecified atom stereocenters. The van der Waals surface area contributed by atoms with E-state index in [0.29, 0.717) is 0 Å². The Morgan fingerprint density at radius 2 is 1.81 bits per heavy atom. The number of hydrogen-bond acceptors (Lipinski definition) is 1. The van der Waals surface area contributed by atoms with Gasteiger partial charge in [0.1, 0.15) is 5.82 Å². The van der Waals surface area contributed by atoms with Crippen LogP contribution in [0, 0.1) is 17.7 Å². The largest absolute Gasteiger partial charge is 0.256 e. The minimum Gasteiger partial charge on any atom is -0.256 e. The Hall–Kier alpha value is -1.96. The molecule has 1 aliphatic rings. The van der Waals surface area contributed by atoms with Gasteiger partial charge in [-0.15, -0.1) is 0 Å². The number of hydrogen-bond donors (Lipinski definition) is 0. The van der Waals surface area contributed by atoms with E-state index in [1.165, 1.54) is 62.6 Å². The van der Waals surface area contributed by atoms with Gasteiger partial charge in [-0.1, -0.05) is 31.6 Å². The standard InChI is InChI=1S/C24H30FN/c1-2-3-4-5-19-6-8-20(9-7-19)10-11-21-12-17-24(26-18-21)22-13-15-23(25)16-14-22/h4-5,12-20H,2-3,6-11H2,1H3/t19-,20-. The lowest BCUT2D eigenvalue weighted by Crippen LogP contribution is -2.13. The van der Waals surface area contributed by atoms with E-state index >= 15 is 0 Å². The molecule has 0 aliphatic heterocycles. The van der Waals surface area contributed by atoms with E-state index in [0.717, 1.165) is 29.5 Å². The molecule has 0 radical (unpaired) electrons. The maximum atomic E-state index is 13.0. The van der Waals surface area contributed by atoms with Crippen molar-refractivity contribution in [3.05, 3.63) is 66.1 Å². The van der Waals surface area contributed by atoms with Crippen LogP contribution in [0.4, 0.5) is 4.39 Å². The number of aryl methyl sites for hydroxylation is 1. The molecule has 3 rings (SSSR count). The van der Waals surface area contributed by atoms with Crippen LogP contribution in [0.2, 0.25) is 0 Å². The molecule has 2 heteroatoms. The highest BCUT2D eigenvalue weighted by Crippen LogP contribution is 2.32. The third kappa shape index (κ3) is 5.52. The minimum absolute atomic E-state index is 0.207. The van der Waals surface area contributed by atoms with Gasteiger partial charge in [-0.05, 0) is 92.7 Å². The Bertz CT molecular complexity index is 679. The van der Waals surface area contributed by atoms with E-state index in [2.05, 4.69) is 36.2 Å². The Kier molecular flexibility index (Phi) is 6.99. The average molecular weight is 352 g/mol. The summed E-state index contributed by atoms with van der Waals surface area (Å²) >= 11 is 0. The molecule has 1 aliphatic carbocycles. The predicted octanol–water partition coefficient (Wildman–Crippen LogP) is 6.98. The number of nitrogens with zero attached hydrogens (tertiary/aromatic N) is 1. The van der Waals surface area contributed by atoms with Crippen molar-refractivity contribution in [3.63, 3.8) is 0 Å². The second-order valence-corrected chi connectivity index (χ2v) is 7.59. The zero-order valence-electron chi connectivity index (χ0n) is 15.8. The summed E-state index contributed by atoms with van der Waals surface area (Å²) in [6, 6.07) is 10.8. The number of rotatable bonds is 7. The summed E-state index contributed by atoms with van der Waals surface area (Å²) < 4.78 is 13.0. The van der Waals surface area contributed by atoms with Crippen molar-refractivity contribution in [2.75, 3.05) is 0 Å². The predicted molar refractivity (Wildman–Crippen MR) is 107 cm³/mol. The number of benzene rings is 1. The molecular weight excluding hydrogens is 321 g/mol. The average Bonchev–Trinajstić information content (AvgIpc) is 2.69. The quantitative estimate of drug-likeness (QED) is 0.490. The zero-order chi connectivity index (χ0) is 18.2. The summed E-state index contributed by atoms with van der Waals surface area (Å²) in [6.07, 6.45) is 17.1. The molecule has 1 fully saturated rings. The summed E-state index contributed by atoms with van der Waals surface area (Å²) in [4.78, 5) is 4.56. The highest BCUT2D eigenvalue weighted by molar-refractivity contribution is 5.58. The SMILES string of the molecule is CCCC=C[C@H]1CC[C@H](CCc2ccc(-c3ccc(F)cc3)nc2)CC1. The molecule has 1 aromatic carbocycles. The van der Waals surface area contributed by atoms with Gasteiger partial charge in [0.2, 0.25) is 0 Å². The molecule has 0 atom stereocenters. The maximum absolute atomic E-state index is 13.0. The van der Waals surface area contributed by atoms with E-state index < -0.39 is 0 Å². The molecule has 0 spiro atoms. The van der Waals surface area contributed by atoms with Crippen molar-refractivity contribution in [1.29, 1.82) is 0 Å². The first-order chi connectivity index (χ1) is 12.7. The molecule has 2 aromatic rings. The van der Waals surface area contributed by atoms with Gasteiger partial charge in [0, 0.05) is 11.8 Å². The molecule has 0 bridgehead atoms. The summed E-state index contributed by atoms with van der Waals surface area (Å²) in [7, 11) is 0. The lowest BCUT2D eigenvalue weighted by atomic mass is 9.79. The molecule has 138 valence electrons. The first-order valence-electron chi connectivity index (χ1n) is 10.1. The molecule has 1 saturated carbocycles. The van der Waals surface area contributed by atoms with Crippen LogP contribution in [0.1, 0.15) is 57.4 Å². The Morgan fingerprint density at radius 1 is 1.04 bits per heavy atom. The molecule has 1 aromatic heterocycles. The molecule has 0 amide bonds. The number of unbranched alkanes of at least 4 members (excludes halogenated alkanes) is 1. The van der Waals surface area contributed by atoms with Crippen molar-refractivity contribution in [2.45, 2.75) is 58.3 Å². The van der Waals surface area contributed by atoms with E-state index in [1.54, 1.807) is 12.1 Å². The molecular formula is C24H30FN. The Morgan fingerprint density at radius 3 is 2.46 bits per heavy atom. The van der Waals surface area contributed by atoms with E-state index in [4.69, 9.17) is 0 Å². The highest BCUT2D eigenvalue weighted by Gasteiger charge is 2.19. The normalized spacial score (nSPS) is 20.5. The van der Waals surface area contributed by atoms with E-state index in [-0.39, 0.29) is 5.82 Å². The van der Waals surface area contributed by atoms with E-state index in [1.807, 2.05) is 6.20 Å². The monoisotopic (exact) mass is 351 g/mol. The van der Waals surface area contributed by atoms with Crippen LogP contribution >= 0.6 is 0 Å². The minimum atomic E-state index is -0.207. The van der Waals surface area contributed by atoms with Crippen LogP contribution in [-0.2, 0) is 6.42 Å². The van der Waals surface area contributed by atoms with Gasteiger partial charge < -0.3 is 0 Å². The van der Waals surface area contributed by atoms with Gasteiger partial charge in [0.25, 0.3) is 0 Å². The Balaban J connectivity index is 1.45. The fraction of sp³-hybridized carbons (Fsp3) is 0.458. The second-order valence-electron chi connectivity index (χ2n) is 7.59. The number of pyridine rings is 1. The zero-order valence-corrected chi connectivity index (χ0v) is 15.8. The van der Waals surface area contributed by atoms with Gasteiger partial charge in [0.05, 0.1) is 5.69 Å².